The standard InChI is InChI=1S/C9H19N.C5H12O/c1-8(2)6-5-7-9(3,4)10-8;1-3-4-5-6-2/h10H,5-7H2,1-4H3;3-5H2,1-2H3. The Labute approximate surface area is 102 Å². The quantitative estimate of drug-likeness (QED) is 0.744. The van der Waals surface area contributed by atoms with E-state index in [0.29, 0.717) is 11.1 Å². The Balaban J connectivity index is 0.000000325. The van der Waals surface area contributed by atoms with Crippen LogP contribution >= 0.6 is 0 Å². The first-order valence-corrected chi connectivity index (χ1v) is 6.61. The average molecular weight is 229 g/mol. The van der Waals surface area contributed by atoms with Crippen molar-refractivity contribution in [3.8, 4) is 0 Å². The SMILES string of the molecule is CC1(C)CCCC(C)(C)N1.CCCCOC. The predicted molar refractivity (Wildman–Crippen MR) is 71.9 cm³/mol. The van der Waals surface area contributed by atoms with Crippen molar-refractivity contribution in [3.05, 3.63) is 0 Å². The molecule has 0 atom stereocenters. The highest BCUT2D eigenvalue weighted by atomic mass is 16.5. The molecule has 0 amide bonds. The molecule has 0 aromatic rings. The van der Waals surface area contributed by atoms with Crippen LogP contribution < -0.4 is 5.32 Å². The first kappa shape index (κ1) is 15.9. The molecule has 1 saturated heterocycles. The van der Waals surface area contributed by atoms with Crippen LogP contribution in [0.1, 0.15) is 66.7 Å². The molecule has 0 unspecified atom stereocenters. The number of ether oxygens (including phenoxy) is 1. The van der Waals surface area contributed by atoms with Crippen molar-refractivity contribution in [2.24, 2.45) is 0 Å². The Kier molecular flexibility index (Phi) is 7.25. The summed E-state index contributed by atoms with van der Waals surface area (Å²) in [5, 5.41) is 3.63. The van der Waals surface area contributed by atoms with Gasteiger partial charge in [0.1, 0.15) is 0 Å². The van der Waals surface area contributed by atoms with Crippen LogP contribution in [0, 0.1) is 0 Å². The number of hydrogen-bond acceptors (Lipinski definition) is 2. The Morgan fingerprint density at radius 1 is 1.06 bits per heavy atom. The van der Waals surface area contributed by atoms with Gasteiger partial charge in [-0.25, -0.2) is 0 Å². The van der Waals surface area contributed by atoms with E-state index in [1.807, 2.05) is 0 Å². The van der Waals surface area contributed by atoms with Gasteiger partial charge < -0.3 is 10.1 Å². The van der Waals surface area contributed by atoms with Gasteiger partial charge in [-0.05, 0) is 53.4 Å². The van der Waals surface area contributed by atoms with Gasteiger partial charge in [0.15, 0.2) is 0 Å². The summed E-state index contributed by atoms with van der Waals surface area (Å²) in [6.45, 7) is 12.2. The maximum absolute atomic E-state index is 4.78. The molecule has 0 bridgehead atoms. The van der Waals surface area contributed by atoms with Gasteiger partial charge in [-0.15, -0.1) is 0 Å². The molecule has 2 heteroatoms. The van der Waals surface area contributed by atoms with E-state index in [1.54, 1.807) is 7.11 Å². The van der Waals surface area contributed by atoms with Crippen LogP contribution in [-0.4, -0.2) is 24.8 Å². The molecule has 0 aliphatic carbocycles. The molecule has 0 aromatic carbocycles. The molecule has 1 aliphatic heterocycles. The number of unbranched alkanes of at least 4 members (excludes halogenated alkanes) is 1. The van der Waals surface area contributed by atoms with E-state index in [0.717, 1.165) is 6.61 Å². The Morgan fingerprint density at radius 2 is 1.56 bits per heavy atom. The van der Waals surface area contributed by atoms with Gasteiger partial charge in [-0.2, -0.15) is 0 Å². The fourth-order valence-corrected chi connectivity index (χ4v) is 2.30. The lowest BCUT2D eigenvalue weighted by molar-refractivity contribution is 0.183. The highest BCUT2D eigenvalue weighted by Crippen LogP contribution is 2.27. The third-order valence-corrected chi connectivity index (χ3v) is 2.98. The van der Waals surface area contributed by atoms with Gasteiger partial charge >= 0.3 is 0 Å². The van der Waals surface area contributed by atoms with Crippen molar-refractivity contribution in [2.75, 3.05) is 13.7 Å². The first-order valence-electron chi connectivity index (χ1n) is 6.61. The van der Waals surface area contributed by atoms with Crippen LogP contribution in [0.5, 0.6) is 0 Å². The lowest BCUT2D eigenvalue weighted by Crippen LogP contribution is -2.55. The highest BCUT2D eigenvalue weighted by Gasteiger charge is 2.31. The van der Waals surface area contributed by atoms with Gasteiger partial charge in [0.05, 0.1) is 0 Å². The second-order valence-corrected chi connectivity index (χ2v) is 6.09. The van der Waals surface area contributed by atoms with Crippen molar-refractivity contribution in [1.29, 1.82) is 0 Å². The van der Waals surface area contributed by atoms with Crippen LogP contribution in [0.3, 0.4) is 0 Å². The number of hydrogen-bond donors (Lipinski definition) is 1. The maximum Gasteiger partial charge on any atom is 0.0462 e. The largest absolute Gasteiger partial charge is 0.385 e. The minimum Gasteiger partial charge on any atom is -0.385 e. The number of nitrogens with one attached hydrogen (secondary N) is 1. The number of methoxy groups -OCH3 is 1. The number of piperidine rings is 1. The van der Waals surface area contributed by atoms with Crippen molar-refractivity contribution < 1.29 is 4.74 Å². The van der Waals surface area contributed by atoms with Gasteiger partial charge in [0, 0.05) is 24.8 Å². The van der Waals surface area contributed by atoms with E-state index in [1.165, 1.54) is 32.1 Å². The van der Waals surface area contributed by atoms with Crippen LogP contribution in [0.2, 0.25) is 0 Å². The van der Waals surface area contributed by atoms with Gasteiger partial charge in [-0.3, -0.25) is 0 Å². The van der Waals surface area contributed by atoms with Gasteiger partial charge in [0.25, 0.3) is 0 Å². The smallest absolute Gasteiger partial charge is 0.0462 e. The molecule has 0 spiro atoms. The van der Waals surface area contributed by atoms with Crippen molar-refractivity contribution >= 4 is 0 Å². The molecule has 2 nitrogen and oxygen atoms in total. The summed E-state index contributed by atoms with van der Waals surface area (Å²) in [7, 11) is 1.73. The van der Waals surface area contributed by atoms with Crippen LogP contribution in [0.4, 0.5) is 0 Å². The Hall–Kier alpha value is -0.0800. The molecule has 0 aromatic heterocycles. The van der Waals surface area contributed by atoms with Crippen molar-refractivity contribution in [3.63, 3.8) is 0 Å². The first-order chi connectivity index (χ1) is 7.33. The molecule has 98 valence electrons. The molecule has 16 heavy (non-hydrogen) atoms. The maximum atomic E-state index is 4.78. The predicted octanol–water partition coefficient (Wildman–Crippen LogP) is 3.75. The zero-order chi connectivity index (χ0) is 12.7. The summed E-state index contributed by atoms with van der Waals surface area (Å²) >= 11 is 0. The molecule has 0 radical (unpaired) electrons. The Morgan fingerprint density at radius 3 is 1.75 bits per heavy atom. The van der Waals surface area contributed by atoms with Crippen molar-refractivity contribution in [1.82, 2.24) is 5.32 Å². The summed E-state index contributed by atoms with van der Waals surface area (Å²) in [6, 6.07) is 0. The topological polar surface area (TPSA) is 21.3 Å². The average Bonchev–Trinajstić information content (AvgIpc) is 2.11. The Bertz CT molecular complexity index is 158. The molecule has 1 N–H and O–H groups in total. The second-order valence-electron chi connectivity index (χ2n) is 6.09. The van der Waals surface area contributed by atoms with Gasteiger partial charge in [-0.1, -0.05) is 13.3 Å². The minimum absolute atomic E-state index is 0.363. The van der Waals surface area contributed by atoms with Gasteiger partial charge in [0.2, 0.25) is 0 Å². The molecule has 1 fully saturated rings. The third-order valence-electron chi connectivity index (χ3n) is 2.98. The molecule has 0 saturated carbocycles. The van der Waals surface area contributed by atoms with E-state index in [4.69, 9.17) is 4.74 Å². The van der Waals surface area contributed by atoms with E-state index < -0.39 is 0 Å². The lowest BCUT2D eigenvalue weighted by atomic mass is 9.83. The summed E-state index contributed by atoms with van der Waals surface area (Å²) in [5.74, 6) is 0. The van der Waals surface area contributed by atoms with E-state index in [9.17, 15) is 0 Å². The summed E-state index contributed by atoms with van der Waals surface area (Å²) in [6.07, 6.45) is 6.42. The molecular weight excluding hydrogens is 198 g/mol. The third kappa shape index (κ3) is 8.12. The fraction of sp³-hybridized carbons (Fsp3) is 1.00. The molecule has 1 aliphatic rings. The zero-order valence-corrected chi connectivity index (χ0v) is 12.2. The van der Waals surface area contributed by atoms with Crippen LogP contribution in [0.15, 0.2) is 0 Å². The van der Waals surface area contributed by atoms with Crippen molar-refractivity contribution in [2.45, 2.75) is 77.8 Å². The molecule has 1 rings (SSSR count). The zero-order valence-electron chi connectivity index (χ0n) is 12.2. The normalized spacial score (nSPS) is 22.1. The molecule has 1 heterocycles. The summed E-state index contributed by atoms with van der Waals surface area (Å²) < 4.78 is 4.78. The monoisotopic (exact) mass is 229 g/mol. The second kappa shape index (κ2) is 7.29. The van der Waals surface area contributed by atoms with E-state index >= 15 is 0 Å². The summed E-state index contributed by atoms with van der Waals surface area (Å²) in [5.41, 5.74) is 0.726. The number of rotatable bonds is 3. The highest BCUT2D eigenvalue weighted by molar-refractivity contribution is 4.92. The van der Waals surface area contributed by atoms with Crippen LogP contribution in [-0.2, 0) is 4.74 Å². The van der Waals surface area contributed by atoms with E-state index in [2.05, 4.69) is 39.9 Å². The molecular formula is C14H31NO. The summed E-state index contributed by atoms with van der Waals surface area (Å²) in [4.78, 5) is 0. The lowest BCUT2D eigenvalue weighted by Gasteiger charge is -2.42. The minimum atomic E-state index is 0.363. The van der Waals surface area contributed by atoms with E-state index in [-0.39, 0.29) is 0 Å². The fourth-order valence-electron chi connectivity index (χ4n) is 2.30. The van der Waals surface area contributed by atoms with Crippen LogP contribution in [0.25, 0.3) is 0 Å².